The molecule has 1 N–H and O–H groups in total. The van der Waals surface area contributed by atoms with Gasteiger partial charge < -0.3 is 15.0 Å². The van der Waals surface area contributed by atoms with Crippen molar-refractivity contribution in [2.24, 2.45) is 0 Å². The number of pyridine rings is 1. The maximum absolute atomic E-state index is 12.1. The van der Waals surface area contributed by atoms with Crippen molar-refractivity contribution < 1.29 is 14.3 Å². The van der Waals surface area contributed by atoms with E-state index >= 15 is 0 Å². The minimum atomic E-state index is -0.315. The Morgan fingerprint density at radius 1 is 1.60 bits per heavy atom. The first kappa shape index (κ1) is 14.7. The summed E-state index contributed by atoms with van der Waals surface area (Å²) < 4.78 is 5.62. The summed E-state index contributed by atoms with van der Waals surface area (Å²) in [7, 11) is 1.58. The molecule has 0 atom stereocenters. The van der Waals surface area contributed by atoms with Crippen LogP contribution in [-0.4, -0.2) is 60.2 Å². The molecule has 2 heterocycles. The van der Waals surface area contributed by atoms with Crippen LogP contribution in [0.4, 0.5) is 10.5 Å². The van der Waals surface area contributed by atoms with Gasteiger partial charge in [-0.25, -0.2) is 4.79 Å². The molecule has 1 saturated heterocycles. The van der Waals surface area contributed by atoms with Crippen LogP contribution in [0.1, 0.15) is 0 Å². The highest BCUT2D eigenvalue weighted by atomic mass is 79.9. The summed E-state index contributed by atoms with van der Waals surface area (Å²) in [5.74, 6) is -0.0778. The second-order valence-corrected chi connectivity index (χ2v) is 5.13. The second-order valence-electron chi connectivity index (χ2n) is 4.28. The number of carbonyl (C=O) groups is 2. The Labute approximate surface area is 125 Å². The molecule has 0 saturated carbocycles. The average molecular weight is 343 g/mol. The van der Waals surface area contributed by atoms with Crippen LogP contribution in [-0.2, 0) is 9.53 Å². The van der Waals surface area contributed by atoms with Gasteiger partial charge in [0.1, 0.15) is 6.54 Å². The number of methoxy groups -OCH3 is 1. The molecule has 0 unspecified atom stereocenters. The quantitative estimate of drug-likeness (QED) is 0.889. The Balaban J connectivity index is 1.94. The van der Waals surface area contributed by atoms with Crippen LogP contribution in [0, 0.1) is 0 Å². The van der Waals surface area contributed by atoms with Gasteiger partial charge in [-0.15, -0.1) is 0 Å². The van der Waals surface area contributed by atoms with Crippen molar-refractivity contribution in [3.8, 4) is 0 Å². The zero-order valence-corrected chi connectivity index (χ0v) is 12.6. The zero-order chi connectivity index (χ0) is 14.5. The third-order valence-corrected chi connectivity index (χ3v) is 3.52. The first-order valence-corrected chi connectivity index (χ1v) is 6.83. The van der Waals surface area contributed by atoms with E-state index in [2.05, 4.69) is 26.2 Å². The van der Waals surface area contributed by atoms with Crippen molar-refractivity contribution in [3.05, 3.63) is 22.9 Å². The number of urea groups is 1. The SMILES string of the molecule is COCCN1CN(C(=O)Nc2ccncc2Br)CC1=O. The maximum Gasteiger partial charge on any atom is 0.323 e. The molecule has 1 aromatic heterocycles. The van der Waals surface area contributed by atoms with Gasteiger partial charge in [0.2, 0.25) is 5.91 Å². The summed E-state index contributed by atoms with van der Waals surface area (Å²) in [4.78, 5) is 30.8. The maximum atomic E-state index is 12.1. The third kappa shape index (κ3) is 3.45. The molecule has 108 valence electrons. The molecular formula is C12H15BrN4O3. The Morgan fingerprint density at radius 2 is 2.40 bits per heavy atom. The first-order chi connectivity index (χ1) is 9.61. The van der Waals surface area contributed by atoms with Crippen LogP contribution >= 0.6 is 15.9 Å². The number of hydrogen-bond acceptors (Lipinski definition) is 4. The lowest BCUT2D eigenvalue weighted by molar-refractivity contribution is -0.127. The van der Waals surface area contributed by atoms with E-state index in [1.54, 1.807) is 30.5 Å². The van der Waals surface area contributed by atoms with E-state index in [0.29, 0.717) is 23.3 Å². The number of rotatable bonds is 4. The molecule has 20 heavy (non-hydrogen) atoms. The molecule has 8 heteroatoms. The lowest BCUT2D eigenvalue weighted by Crippen LogP contribution is -2.35. The van der Waals surface area contributed by atoms with E-state index in [1.165, 1.54) is 4.90 Å². The Morgan fingerprint density at radius 3 is 3.10 bits per heavy atom. The lowest BCUT2D eigenvalue weighted by Gasteiger charge is -2.18. The van der Waals surface area contributed by atoms with Crippen LogP contribution in [0.5, 0.6) is 0 Å². The molecule has 0 aromatic carbocycles. The van der Waals surface area contributed by atoms with E-state index < -0.39 is 0 Å². The minimum absolute atomic E-state index is 0.0778. The Bertz CT molecular complexity index is 511. The molecule has 7 nitrogen and oxygen atoms in total. The summed E-state index contributed by atoms with van der Waals surface area (Å²) in [6, 6.07) is 1.37. The molecule has 1 aromatic rings. The smallest absolute Gasteiger partial charge is 0.323 e. The highest BCUT2D eigenvalue weighted by Crippen LogP contribution is 2.20. The van der Waals surface area contributed by atoms with E-state index in [0.717, 1.165) is 0 Å². The van der Waals surface area contributed by atoms with Gasteiger partial charge in [0.15, 0.2) is 0 Å². The number of hydrogen-bond donors (Lipinski definition) is 1. The molecular weight excluding hydrogens is 328 g/mol. The minimum Gasteiger partial charge on any atom is -0.383 e. The summed E-state index contributed by atoms with van der Waals surface area (Å²) >= 11 is 3.30. The van der Waals surface area contributed by atoms with Gasteiger partial charge in [-0.2, -0.15) is 0 Å². The van der Waals surface area contributed by atoms with E-state index in [4.69, 9.17) is 4.74 Å². The van der Waals surface area contributed by atoms with Gasteiger partial charge in [-0.1, -0.05) is 0 Å². The first-order valence-electron chi connectivity index (χ1n) is 6.04. The fraction of sp³-hybridized carbons (Fsp3) is 0.417. The van der Waals surface area contributed by atoms with Gasteiger partial charge in [0, 0.05) is 26.0 Å². The number of nitrogens with zero attached hydrogens (tertiary/aromatic N) is 3. The average Bonchev–Trinajstić information content (AvgIpc) is 2.80. The van der Waals surface area contributed by atoms with Crippen LogP contribution < -0.4 is 5.32 Å². The molecule has 0 bridgehead atoms. The highest BCUT2D eigenvalue weighted by molar-refractivity contribution is 9.10. The molecule has 0 spiro atoms. The Hall–Kier alpha value is -1.67. The standard InChI is InChI=1S/C12H15BrN4O3/c1-20-5-4-16-8-17(7-11(16)18)12(19)15-10-2-3-14-6-9(10)13/h2-3,6H,4-5,7-8H2,1H3,(H,14,15,19). The van der Waals surface area contributed by atoms with Crippen LogP contribution in [0.25, 0.3) is 0 Å². The number of amides is 3. The van der Waals surface area contributed by atoms with E-state index in [9.17, 15) is 9.59 Å². The van der Waals surface area contributed by atoms with Gasteiger partial charge in [0.25, 0.3) is 0 Å². The van der Waals surface area contributed by atoms with E-state index in [1.807, 2.05) is 0 Å². The molecule has 3 amide bonds. The van der Waals surface area contributed by atoms with Gasteiger partial charge in [-0.3, -0.25) is 14.7 Å². The third-order valence-electron chi connectivity index (χ3n) is 2.89. The number of halogens is 1. The van der Waals surface area contributed by atoms with E-state index in [-0.39, 0.29) is 25.2 Å². The summed E-state index contributed by atoms with van der Waals surface area (Å²) in [6.07, 6.45) is 3.18. The van der Waals surface area contributed by atoms with Gasteiger partial charge >= 0.3 is 6.03 Å². The number of carbonyl (C=O) groups excluding carboxylic acids is 2. The van der Waals surface area contributed by atoms with Crippen molar-refractivity contribution in [3.63, 3.8) is 0 Å². The van der Waals surface area contributed by atoms with Crippen molar-refractivity contribution in [1.82, 2.24) is 14.8 Å². The van der Waals surface area contributed by atoms with Crippen molar-refractivity contribution in [2.75, 3.05) is 38.8 Å². The largest absolute Gasteiger partial charge is 0.383 e. The number of ether oxygens (including phenoxy) is 1. The second kappa shape index (κ2) is 6.67. The number of aromatic nitrogens is 1. The van der Waals surface area contributed by atoms with Crippen molar-refractivity contribution in [1.29, 1.82) is 0 Å². The topological polar surface area (TPSA) is 74.8 Å². The van der Waals surface area contributed by atoms with Crippen molar-refractivity contribution in [2.45, 2.75) is 0 Å². The molecule has 0 radical (unpaired) electrons. The highest BCUT2D eigenvalue weighted by Gasteiger charge is 2.30. The summed E-state index contributed by atoms with van der Waals surface area (Å²) in [5, 5.41) is 2.74. The Kier molecular flexibility index (Phi) is 4.91. The van der Waals surface area contributed by atoms with Gasteiger partial charge in [0.05, 0.1) is 23.4 Å². The van der Waals surface area contributed by atoms with Crippen LogP contribution in [0.2, 0.25) is 0 Å². The number of nitrogens with one attached hydrogen (secondary N) is 1. The molecule has 1 aliphatic heterocycles. The lowest BCUT2D eigenvalue weighted by atomic mass is 10.4. The summed E-state index contributed by atoms with van der Waals surface area (Å²) in [6.45, 7) is 1.30. The predicted octanol–water partition coefficient (Wildman–Crippen LogP) is 1.12. The predicted molar refractivity (Wildman–Crippen MR) is 76.1 cm³/mol. The fourth-order valence-electron chi connectivity index (χ4n) is 1.80. The van der Waals surface area contributed by atoms with Crippen LogP contribution in [0.15, 0.2) is 22.9 Å². The van der Waals surface area contributed by atoms with Crippen molar-refractivity contribution >= 4 is 33.6 Å². The molecule has 1 aliphatic rings. The normalized spacial score (nSPS) is 14.8. The van der Waals surface area contributed by atoms with Gasteiger partial charge in [-0.05, 0) is 22.0 Å². The van der Waals surface area contributed by atoms with Crippen LogP contribution in [0.3, 0.4) is 0 Å². The monoisotopic (exact) mass is 342 g/mol. The molecule has 1 fully saturated rings. The number of anilines is 1. The summed E-state index contributed by atoms with van der Waals surface area (Å²) in [5.41, 5.74) is 0.618. The zero-order valence-electron chi connectivity index (χ0n) is 11.0. The molecule has 0 aliphatic carbocycles. The molecule has 2 rings (SSSR count). The fourth-order valence-corrected chi connectivity index (χ4v) is 2.15.